The van der Waals surface area contributed by atoms with Crippen LogP contribution in [0.3, 0.4) is 0 Å². The number of ether oxygens (including phenoxy) is 2. The number of nitrogen functional groups attached to an aromatic ring is 1. The molecule has 0 spiro atoms. The molecule has 5 nitrogen and oxygen atoms in total. The molecular formula is C19H22N2O3. The van der Waals surface area contributed by atoms with Gasteiger partial charge >= 0.3 is 0 Å². The molecule has 0 fully saturated rings. The first-order valence-electron chi connectivity index (χ1n) is 8.16. The lowest BCUT2D eigenvalue weighted by molar-refractivity contribution is -0.131. The van der Waals surface area contributed by atoms with E-state index in [4.69, 9.17) is 15.2 Å². The molecule has 3 rings (SSSR count). The second-order valence-corrected chi connectivity index (χ2v) is 5.85. The SMILES string of the molecule is CCN(CC1COc2ccccc2O1)C(=O)Cc1cccc(N)c1. The van der Waals surface area contributed by atoms with Crippen molar-refractivity contribution in [3.8, 4) is 11.5 Å². The van der Waals surface area contributed by atoms with E-state index in [1.54, 1.807) is 4.90 Å². The third kappa shape index (κ3) is 3.79. The number of benzene rings is 2. The number of nitrogens with two attached hydrogens (primary N) is 1. The molecule has 1 atom stereocenters. The molecule has 2 aromatic rings. The maximum absolute atomic E-state index is 12.6. The molecule has 0 saturated heterocycles. The van der Waals surface area contributed by atoms with Gasteiger partial charge in [0.1, 0.15) is 6.61 Å². The quantitative estimate of drug-likeness (QED) is 0.858. The van der Waals surface area contributed by atoms with Crippen molar-refractivity contribution in [2.75, 3.05) is 25.4 Å². The van der Waals surface area contributed by atoms with Crippen molar-refractivity contribution in [2.24, 2.45) is 0 Å². The average molecular weight is 326 g/mol. The Morgan fingerprint density at radius 3 is 2.75 bits per heavy atom. The van der Waals surface area contributed by atoms with Crippen molar-refractivity contribution in [1.29, 1.82) is 0 Å². The van der Waals surface area contributed by atoms with Gasteiger partial charge in [0.2, 0.25) is 5.91 Å². The summed E-state index contributed by atoms with van der Waals surface area (Å²) >= 11 is 0. The smallest absolute Gasteiger partial charge is 0.227 e. The maximum atomic E-state index is 12.6. The lowest BCUT2D eigenvalue weighted by Crippen LogP contribution is -2.44. The first kappa shape index (κ1) is 16.2. The van der Waals surface area contributed by atoms with Gasteiger partial charge in [0.25, 0.3) is 0 Å². The molecule has 126 valence electrons. The topological polar surface area (TPSA) is 64.8 Å². The number of amides is 1. The minimum Gasteiger partial charge on any atom is -0.486 e. The maximum Gasteiger partial charge on any atom is 0.227 e. The molecule has 0 aromatic heterocycles. The van der Waals surface area contributed by atoms with Crippen LogP contribution < -0.4 is 15.2 Å². The molecule has 0 bridgehead atoms. The summed E-state index contributed by atoms with van der Waals surface area (Å²) in [6.45, 7) is 3.54. The average Bonchev–Trinajstić information content (AvgIpc) is 2.59. The zero-order valence-electron chi connectivity index (χ0n) is 13.8. The van der Waals surface area contributed by atoms with Crippen molar-refractivity contribution >= 4 is 11.6 Å². The molecule has 0 aliphatic carbocycles. The summed E-state index contributed by atoms with van der Waals surface area (Å²) in [5.41, 5.74) is 7.37. The van der Waals surface area contributed by atoms with Crippen LogP contribution in [0.5, 0.6) is 11.5 Å². The molecule has 1 amide bonds. The Kier molecular flexibility index (Phi) is 4.89. The Bertz CT molecular complexity index is 717. The van der Waals surface area contributed by atoms with Crippen LogP contribution in [-0.2, 0) is 11.2 Å². The Morgan fingerprint density at radius 2 is 2.00 bits per heavy atom. The zero-order chi connectivity index (χ0) is 16.9. The van der Waals surface area contributed by atoms with E-state index in [-0.39, 0.29) is 12.0 Å². The molecule has 2 N–H and O–H groups in total. The number of rotatable bonds is 5. The van der Waals surface area contributed by atoms with Crippen molar-refractivity contribution in [3.63, 3.8) is 0 Å². The predicted octanol–water partition coefficient (Wildman–Crippen LogP) is 2.50. The number of para-hydroxylation sites is 2. The second kappa shape index (κ2) is 7.25. The van der Waals surface area contributed by atoms with E-state index in [2.05, 4.69) is 0 Å². The minimum absolute atomic E-state index is 0.0607. The van der Waals surface area contributed by atoms with Gasteiger partial charge in [-0.1, -0.05) is 24.3 Å². The Labute approximate surface area is 142 Å². The van der Waals surface area contributed by atoms with Crippen LogP contribution in [0.25, 0.3) is 0 Å². The van der Waals surface area contributed by atoms with Gasteiger partial charge in [-0.2, -0.15) is 0 Å². The second-order valence-electron chi connectivity index (χ2n) is 5.85. The van der Waals surface area contributed by atoms with Crippen LogP contribution in [0.4, 0.5) is 5.69 Å². The summed E-state index contributed by atoms with van der Waals surface area (Å²) in [6, 6.07) is 15.0. The fraction of sp³-hybridized carbons (Fsp3) is 0.316. The van der Waals surface area contributed by atoms with Crippen LogP contribution in [0, 0.1) is 0 Å². The summed E-state index contributed by atoms with van der Waals surface area (Å²) in [4.78, 5) is 14.4. The van der Waals surface area contributed by atoms with Crippen molar-refractivity contribution < 1.29 is 14.3 Å². The van der Waals surface area contributed by atoms with E-state index in [1.807, 2.05) is 55.5 Å². The van der Waals surface area contributed by atoms with Crippen LogP contribution in [0.15, 0.2) is 48.5 Å². The first-order valence-corrected chi connectivity index (χ1v) is 8.16. The van der Waals surface area contributed by atoms with E-state index in [0.717, 1.165) is 17.1 Å². The third-order valence-corrected chi connectivity index (χ3v) is 4.03. The van der Waals surface area contributed by atoms with Crippen molar-refractivity contribution in [3.05, 3.63) is 54.1 Å². The predicted molar refractivity (Wildman–Crippen MR) is 93.2 cm³/mol. The molecule has 1 heterocycles. The van der Waals surface area contributed by atoms with Crippen molar-refractivity contribution in [1.82, 2.24) is 4.90 Å². The number of hydrogen-bond acceptors (Lipinski definition) is 4. The minimum atomic E-state index is -0.162. The van der Waals surface area contributed by atoms with Crippen molar-refractivity contribution in [2.45, 2.75) is 19.4 Å². The van der Waals surface area contributed by atoms with E-state index < -0.39 is 0 Å². The third-order valence-electron chi connectivity index (χ3n) is 4.03. The number of likely N-dealkylation sites (N-methyl/N-ethyl adjacent to an activating group) is 1. The monoisotopic (exact) mass is 326 g/mol. The number of fused-ring (bicyclic) bond motifs is 1. The van der Waals surface area contributed by atoms with Crippen LogP contribution >= 0.6 is 0 Å². The van der Waals surface area contributed by atoms with Gasteiger partial charge in [0.15, 0.2) is 17.6 Å². The standard InChI is InChI=1S/C19H22N2O3/c1-2-21(19(22)11-14-6-5-7-15(20)10-14)12-16-13-23-17-8-3-4-9-18(17)24-16/h3-10,16H,2,11-13,20H2,1H3. The number of nitrogens with zero attached hydrogens (tertiary/aromatic N) is 1. The summed E-state index contributed by atoms with van der Waals surface area (Å²) in [5.74, 6) is 1.54. The van der Waals surface area contributed by atoms with Gasteiger partial charge < -0.3 is 20.1 Å². The molecule has 2 aromatic carbocycles. The van der Waals surface area contributed by atoms with Gasteiger partial charge in [0, 0.05) is 12.2 Å². The molecule has 5 heteroatoms. The Balaban J connectivity index is 1.61. The first-order chi connectivity index (χ1) is 11.7. The summed E-state index contributed by atoms with van der Waals surface area (Å²) in [5, 5.41) is 0. The highest BCUT2D eigenvalue weighted by molar-refractivity contribution is 5.79. The van der Waals surface area contributed by atoms with E-state index in [0.29, 0.717) is 31.8 Å². The number of anilines is 1. The van der Waals surface area contributed by atoms with Crippen LogP contribution in [0.2, 0.25) is 0 Å². The van der Waals surface area contributed by atoms with Gasteiger partial charge in [-0.25, -0.2) is 0 Å². The molecule has 0 radical (unpaired) electrons. The molecular weight excluding hydrogens is 304 g/mol. The highest BCUT2D eigenvalue weighted by Crippen LogP contribution is 2.31. The van der Waals surface area contributed by atoms with E-state index in [1.165, 1.54) is 0 Å². The number of carbonyl (C=O) groups excluding carboxylic acids is 1. The van der Waals surface area contributed by atoms with E-state index in [9.17, 15) is 4.79 Å². The van der Waals surface area contributed by atoms with E-state index >= 15 is 0 Å². The lowest BCUT2D eigenvalue weighted by atomic mass is 10.1. The summed E-state index contributed by atoms with van der Waals surface area (Å²) in [7, 11) is 0. The number of carbonyl (C=O) groups is 1. The Hall–Kier alpha value is -2.69. The van der Waals surface area contributed by atoms with Gasteiger partial charge in [-0.3, -0.25) is 4.79 Å². The summed E-state index contributed by atoms with van der Waals surface area (Å²) < 4.78 is 11.7. The number of hydrogen-bond donors (Lipinski definition) is 1. The molecule has 1 aliphatic heterocycles. The van der Waals surface area contributed by atoms with Crippen LogP contribution in [-0.4, -0.2) is 36.6 Å². The highest BCUT2D eigenvalue weighted by atomic mass is 16.6. The fourth-order valence-electron chi connectivity index (χ4n) is 2.80. The van der Waals surface area contributed by atoms with Gasteiger partial charge in [0.05, 0.1) is 13.0 Å². The normalized spacial score (nSPS) is 15.8. The van der Waals surface area contributed by atoms with Crippen LogP contribution in [0.1, 0.15) is 12.5 Å². The summed E-state index contributed by atoms with van der Waals surface area (Å²) in [6.07, 6.45) is 0.174. The molecule has 1 aliphatic rings. The lowest BCUT2D eigenvalue weighted by Gasteiger charge is -2.31. The van der Waals surface area contributed by atoms with Gasteiger partial charge in [-0.15, -0.1) is 0 Å². The van der Waals surface area contributed by atoms with Gasteiger partial charge in [-0.05, 0) is 36.8 Å². The largest absolute Gasteiger partial charge is 0.486 e. The molecule has 1 unspecified atom stereocenters. The highest BCUT2D eigenvalue weighted by Gasteiger charge is 2.24. The fourth-order valence-corrected chi connectivity index (χ4v) is 2.80. The molecule has 0 saturated carbocycles. The molecule has 24 heavy (non-hydrogen) atoms. The Morgan fingerprint density at radius 1 is 1.21 bits per heavy atom. The zero-order valence-corrected chi connectivity index (χ0v) is 13.8.